The summed E-state index contributed by atoms with van der Waals surface area (Å²) in [5, 5.41) is 6.18. The molecule has 2 aromatic rings. The van der Waals surface area contributed by atoms with Crippen molar-refractivity contribution in [3.05, 3.63) is 53.1 Å². The molecular formula is C20H25F2N3O3. The predicted octanol–water partition coefficient (Wildman–Crippen LogP) is 2.90. The van der Waals surface area contributed by atoms with Gasteiger partial charge in [-0.15, -0.1) is 0 Å². The third-order valence-corrected chi connectivity index (χ3v) is 4.14. The van der Waals surface area contributed by atoms with Crippen LogP contribution in [0.4, 0.5) is 8.78 Å². The standard InChI is InChI=1S/C20H25F2N3O3/c1-23-20(24-9-8-14-15(21)6-5-7-16(14)22)25-12-13-10-17(26-2)19(28-4)18(11-13)27-3/h5-7,10-11H,8-9,12H2,1-4H3,(H2,23,24,25). The van der Waals surface area contributed by atoms with Gasteiger partial charge < -0.3 is 24.8 Å². The first kappa shape index (κ1) is 21.3. The summed E-state index contributed by atoms with van der Waals surface area (Å²) in [6.45, 7) is 0.761. The SMILES string of the molecule is CN=C(NCCc1c(F)cccc1F)NCc1cc(OC)c(OC)c(OC)c1. The molecule has 0 spiro atoms. The van der Waals surface area contributed by atoms with Gasteiger partial charge in [0.1, 0.15) is 11.6 Å². The summed E-state index contributed by atoms with van der Waals surface area (Å²) in [6, 6.07) is 7.50. The molecule has 0 aliphatic rings. The molecule has 0 amide bonds. The molecule has 0 unspecified atom stereocenters. The highest BCUT2D eigenvalue weighted by molar-refractivity contribution is 5.79. The second-order valence-corrected chi connectivity index (χ2v) is 5.84. The van der Waals surface area contributed by atoms with E-state index in [1.165, 1.54) is 18.2 Å². The zero-order valence-corrected chi connectivity index (χ0v) is 16.4. The van der Waals surface area contributed by atoms with Crippen LogP contribution in [0.2, 0.25) is 0 Å². The van der Waals surface area contributed by atoms with E-state index in [0.717, 1.165) is 5.56 Å². The van der Waals surface area contributed by atoms with Crippen LogP contribution in [-0.4, -0.2) is 40.9 Å². The molecule has 152 valence electrons. The molecule has 0 radical (unpaired) electrons. The van der Waals surface area contributed by atoms with Gasteiger partial charge in [0.05, 0.1) is 21.3 Å². The summed E-state index contributed by atoms with van der Waals surface area (Å²) in [5.74, 6) is 1.02. The van der Waals surface area contributed by atoms with Crippen LogP contribution in [0.15, 0.2) is 35.3 Å². The topological polar surface area (TPSA) is 64.1 Å². The second-order valence-electron chi connectivity index (χ2n) is 5.84. The Morgan fingerprint density at radius 2 is 1.57 bits per heavy atom. The van der Waals surface area contributed by atoms with Crippen molar-refractivity contribution < 1.29 is 23.0 Å². The minimum Gasteiger partial charge on any atom is -0.493 e. The van der Waals surface area contributed by atoms with Crippen molar-refractivity contribution in [2.45, 2.75) is 13.0 Å². The fourth-order valence-corrected chi connectivity index (χ4v) is 2.72. The summed E-state index contributed by atoms with van der Waals surface area (Å²) >= 11 is 0. The van der Waals surface area contributed by atoms with E-state index in [-0.39, 0.29) is 12.0 Å². The van der Waals surface area contributed by atoms with Gasteiger partial charge in [-0.2, -0.15) is 0 Å². The van der Waals surface area contributed by atoms with E-state index in [0.29, 0.717) is 36.3 Å². The van der Waals surface area contributed by atoms with Gasteiger partial charge in [-0.3, -0.25) is 4.99 Å². The zero-order chi connectivity index (χ0) is 20.5. The summed E-state index contributed by atoms with van der Waals surface area (Å²) in [5.41, 5.74) is 0.938. The molecule has 0 heterocycles. The number of halogens is 2. The number of benzene rings is 2. The quantitative estimate of drug-likeness (QED) is 0.533. The number of nitrogens with zero attached hydrogens (tertiary/aromatic N) is 1. The van der Waals surface area contributed by atoms with Crippen LogP contribution in [-0.2, 0) is 13.0 Å². The third-order valence-electron chi connectivity index (χ3n) is 4.14. The number of methoxy groups -OCH3 is 3. The first-order chi connectivity index (χ1) is 13.5. The monoisotopic (exact) mass is 393 g/mol. The lowest BCUT2D eigenvalue weighted by Gasteiger charge is -2.16. The lowest BCUT2D eigenvalue weighted by Crippen LogP contribution is -2.38. The Morgan fingerprint density at radius 3 is 2.07 bits per heavy atom. The molecule has 6 nitrogen and oxygen atoms in total. The number of rotatable bonds is 8. The maximum atomic E-state index is 13.7. The van der Waals surface area contributed by atoms with E-state index in [1.54, 1.807) is 28.4 Å². The molecule has 28 heavy (non-hydrogen) atoms. The molecule has 0 saturated heterocycles. The molecule has 0 fully saturated rings. The molecule has 2 N–H and O–H groups in total. The number of aliphatic imine (C=N–C) groups is 1. The van der Waals surface area contributed by atoms with Gasteiger partial charge in [0, 0.05) is 25.7 Å². The zero-order valence-electron chi connectivity index (χ0n) is 16.4. The minimum atomic E-state index is -0.554. The highest BCUT2D eigenvalue weighted by Crippen LogP contribution is 2.38. The van der Waals surface area contributed by atoms with E-state index in [2.05, 4.69) is 15.6 Å². The van der Waals surface area contributed by atoms with Crippen LogP contribution in [0, 0.1) is 11.6 Å². The first-order valence-corrected chi connectivity index (χ1v) is 8.70. The van der Waals surface area contributed by atoms with Crippen molar-refractivity contribution in [2.24, 2.45) is 4.99 Å². The number of guanidine groups is 1. The molecule has 0 bridgehead atoms. The van der Waals surface area contributed by atoms with E-state index >= 15 is 0 Å². The third kappa shape index (κ3) is 5.25. The molecule has 2 rings (SSSR count). The lowest BCUT2D eigenvalue weighted by molar-refractivity contribution is 0.323. The van der Waals surface area contributed by atoms with Crippen molar-refractivity contribution in [1.29, 1.82) is 0 Å². The van der Waals surface area contributed by atoms with Gasteiger partial charge in [-0.05, 0) is 36.2 Å². The number of hydrogen-bond acceptors (Lipinski definition) is 4. The summed E-state index contributed by atoms with van der Waals surface area (Å²) in [6.07, 6.45) is 0.198. The van der Waals surface area contributed by atoms with Crippen LogP contribution in [0.25, 0.3) is 0 Å². The van der Waals surface area contributed by atoms with Crippen molar-refractivity contribution in [1.82, 2.24) is 10.6 Å². The summed E-state index contributed by atoms with van der Waals surface area (Å²) < 4.78 is 43.4. The number of ether oxygens (including phenoxy) is 3. The van der Waals surface area contributed by atoms with Crippen LogP contribution in [0.5, 0.6) is 17.2 Å². The van der Waals surface area contributed by atoms with E-state index in [1.807, 2.05) is 12.1 Å². The Hall–Kier alpha value is -3.03. The molecule has 8 heteroatoms. The Kier molecular flexibility index (Phi) is 7.86. The van der Waals surface area contributed by atoms with Gasteiger partial charge in [0.2, 0.25) is 5.75 Å². The Morgan fingerprint density at radius 1 is 0.964 bits per heavy atom. The largest absolute Gasteiger partial charge is 0.493 e. The van der Waals surface area contributed by atoms with Gasteiger partial charge in [-0.1, -0.05) is 6.07 Å². The Labute approximate surface area is 163 Å². The second kappa shape index (κ2) is 10.3. The van der Waals surface area contributed by atoms with Crippen LogP contribution in [0.1, 0.15) is 11.1 Å². The summed E-state index contributed by atoms with van der Waals surface area (Å²) in [7, 11) is 6.27. The molecule has 0 atom stereocenters. The molecule has 0 aliphatic heterocycles. The maximum absolute atomic E-state index is 13.7. The fourth-order valence-electron chi connectivity index (χ4n) is 2.72. The highest BCUT2D eigenvalue weighted by atomic mass is 19.1. The normalized spacial score (nSPS) is 11.1. The fraction of sp³-hybridized carbons (Fsp3) is 0.350. The number of hydrogen-bond donors (Lipinski definition) is 2. The molecule has 0 saturated carbocycles. The molecule has 0 aliphatic carbocycles. The van der Waals surface area contributed by atoms with E-state index in [9.17, 15) is 8.78 Å². The van der Waals surface area contributed by atoms with E-state index < -0.39 is 11.6 Å². The average Bonchev–Trinajstić information content (AvgIpc) is 2.71. The van der Waals surface area contributed by atoms with Gasteiger partial charge in [0.25, 0.3) is 0 Å². The van der Waals surface area contributed by atoms with Crippen molar-refractivity contribution in [2.75, 3.05) is 34.9 Å². The maximum Gasteiger partial charge on any atom is 0.203 e. The van der Waals surface area contributed by atoms with E-state index in [4.69, 9.17) is 14.2 Å². The molecule has 2 aromatic carbocycles. The Bertz CT molecular complexity index is 783. The van der Waals surface area contributed by atoms with Gasteiger partial charge >= 0.3 is 0 Å². The van der Waals surface area contributed by atoms with Crippen LogP contribution < -0.4 is 24.8 Å². The Balaban J connectivity index is 1.97. The predicted molar refractivity (Wildman–Crippen MR) is 104 cm³/mol. The minimum absolute atomic E-state index is 0.0510. The van der Waals surface area contributed by atoms with Crippen molar-refractivity contribution in [3.63, 3.8) is 0 Å². The van der Waals surface area contributed by atoms with Gasteiger partial charge in [-0.25, -0.2) is 8.78 Å². The smallest absolute Gasteiger partial charge is 0.203 e. The van der Waals surface area contributed by atoms with Crippen molar-refractivity contribution in [3.8, 4) is 17.2 Å². The van der Waals surface area contributed by atoms with Gasteiger partial charge in [0.15, 0.2) is 17.5 Å². The summed E-state index contributed by atoms with van der Waals surface area (Å²) in [4.78, 5) is 4.12. The average molecular weight is 393 g/mol. The lowest BCUT2D eigenvalue weighted by atomic mass is 10.1. The first-order valence-electron chi connectivity index (χ1n) is 8.70. The highest BCUT2D eigenvalue weighted by Gasteiger charge is 2.13. The van der Waals surface area contributed by atoms with Crippen LogP contribution >= 0.6 is 0 Å². The van der Waals surface area contributed by atoms with Crippen LogP contribution in [0.3, 0.4) is 0 Å². The van der Waals surface area contributed by atoms with Crippen molar-refractivity contribution >= 4 is 5.96 Å². The number of nitrogens with one attached hydrogen (secondary N) is 2. The molecule has 0 aromatic heterocycles. The molecular weight excluding hydrogens is 368 g/mol.